The number of aromatic nitrogens is 8. The van der Waals surface area contributed by atoms with Crippen LogP contribution in [0.4, 0.5) is 0 Å². The second kappa shape index (κ2) is 14.2. The third-order valence-corrected chi connectivity index (χ3v) is 12.1. The molecule has 5 heterocycles. The minimum atomic E-state index is -2.34. The predicted octanol–water partition coefficient (Wildman–Crippen LogP) is 12.9. The smallest absolute Gasteiger partial charge is 0.220 e. The van der Waals surface area contributed by atoms with Gasteiger partial charge in [0.15, 0.2) is 0 Å². The number of para-hydroxylation sites is 6. The summed E-state index contributed by atoms with van der Waals surface area (Å²) in [6, 6.07) is 64.7. The topological polar surface area (TPSA) is 70.2 Å². The molecule has 8 nitrogen and oxygen atoms in total. The summed E-state index contributed by atoms with van der Waals surface area (Å²) in [7, 11) is 0. The van der Waals surface area contributed by atoms with Crippen molar-refractivity contribution in [3.63, 3.8) is 0 Å². The summed E-state index contributed by atoms with van der Waals surface area (Å²) in [5.41, 5.74) is 12.5. The minimum absolute atomic E-state index is 0.181. The molecule has 0 fully saturated rings. The molecule has 0 saturated carbocycles. The number of fused-ring (bicyclic) bond motifs is 10. The van der Waals surface area contributed by atoms with E-state index in [0.717, 1.165) is 55.6 Å². The standard InChI is InChI=1S/C56H38N8/c1-36-18-15-32-48-50(36)59-55-61(44-28-11-13-30-46(44)63(48)55)41-26-17-27-42(35-41)62-45-29-12-14-31-47(45)64-49-33-16-25-40(52(49)60-56(62)64)34-43-51(37-19-5-2-6-20-37)58-54(39-23-9-4-10-24-39)53(57-43)38-21-7-3-8-22-38/h2-33,35H,34H2,1H3/i1D3,34D2. The van der Waals surface area contributed by atoms with Crippen LogP contribution < -0.4 is 0 Å². The third kappa shape index (κ3) is 5.49. The highest BCUT2D eigenvalue weighted by Gasteiger charge is 2.24. The molecule has 0 N–H and O–H groups in total. The Morgan fingerprint density at radius 1 is 0.406 bits per heavy atom. The molecule has 0 saturated heterocycles. The van der Waals surface area contributed by atoms with Crippen LogP contribution in [0.2, 0.25) is 0 Å². The second-order valence-electron chi connectivity index (χ2n) is 15.9. The highest BCUT2D eigenvalue weighted by atomic mass is 15.2. The molecule has 64 heavy (non-hydrogen) atoms. The van der Waals surface area contributed by atoms with Crippen molar-refractivity contribution in [2.45, 2.75) is 13.2 Å². The number of rotatable bonds is 7. The summed E-state index contributed by atoms with van der Waals surface area (Å²) in [5, 5.41) is 0. The van der Waals surface area contributed by atoms with Crippen LogP contribution in [-0.2, 0) is 6.37 Å². The van der Waals surface area contributed by atoms with Gasteiger partial charge < -0.3 is 0 Å². The first-order chi connectivity index (χ1) is 33.6. The molecule has 0 amide bonds. The zero-order valence-corrected chi connectivity index (χ0v) is 34.1. The molecule has 13 aromatic rings. The van der Waals surface area contributed by atoms with E-state index in [9.17, 15) is 2.74 Å². The Bertz CT molecular complexity index is 4150. The van der Waals surface area contributed by atoms with Crippen molar-refractivity contribution in [1.82, 2.24) is 37.9 Å². The van der Waals surface area contributed by atoms with Crippen LogP contribution in [-0.4, -0.2) is 37.9 Å². The number of nitrogens with zero attached hydrogens (tertiary/aromatic N) is 8. The molecule has 0 radical (unpaired) electrons. The van der Waals surface area contributed by atoms with Crippen molar-refractivity contribution in [2.24, 2.45) is 0 Å². The summed E-state index contributed by atoms with van der Waals surface area (Å²) < 4.78 is 53.6. The minimum Gasteiger partial charge on any atom is -0.278 e. The molecule has 0 unspecified atom stereocenters. The maximum absolute atomic E-state index is 10.2. The number of hydrogen-bond acceptors (Lipinski definition) is 4. The lowest BCUT2D eigenvalue weighted by molar-refractivity contribution is 1.05. The summed E-state index contributed by atoms with van der Waals surface area (Å²) in [6.45, 7) is -2.34. The van der Waals surface area contributed by atoms with Crippen molar-refractivity contribution < 1.29 is 6.85 Å². The molecular weight excluding hydrogens is 785 g/mol. The van der Waals surface area contributed by atoms with Gasteiger partial charge in [0, 0.05) is 29.9 Å². The van der Waals surface area contributed by atoms with Gasteiger partial charge in [-0.15, -0.1) is 0 Å². The molecule has 302 valence electrons. The molecular formula is C56H38N8. The molecule has 0 aliphatic heterocycles. The quantitative estimate of drug-likeness (QED) is 0.160. The maximum atomic E-state index is 10.2. The molecule has 0 aliphatic carbocycles. The summed E-state index contributed by atoms with van der Waals surface area (Å²) >= 11 is 0. The number of aryl methyl sites for hydroxylation is 1. The average Bonchev–Trinajstić information content (AvgIpc) is 4.13. The van der Waals surface area contributed by atoms with E-state index in [-0.39, 0.29) is 11.3 Å². The van der Waals surface area contributed by atoms with E-state index in [0.29, 0.717) is 50.8 Å². The van der Waals surface area contributed by atoms with E-state index >= 15 is 0 Å². The normalized spacial score (nSPS) is 13.5. The molecule has 0 bridgehead atoms. The molecule has 0 atom stereocenters. The molecule has 8 heteroatoms. The van der Waals surface area contributed by atoms with Crippen molar-refractivity contribution in [3.05, 3.63) is 217 Å². The summed E-state index contributed by atoms with van der Waals surface area (Å²) in [4.78, 5) is 21.0. The fourth-order valence-corrected chi connectivity index (χ4v) is 9.27. The Hall–Kier alpha value is -8.62. The van der Waals surface area contributed by atoms with Crippen LogP contribution >= 0.6 is 0 Å². The third-order valence-electron chi connectivity index (χ3n) is 12.1. The summed E-state index contributed by atoms with van der Waals surface area (Å²) in [5.74, 6) is 1.19. The Kier molecular flexibility index (Phi) is 6.95. The molecule has 0 spiro atoms. The van der Waals surface area contributed by atoms with Gasteiger partial charge in [-0.3, -0.25) is 17.9 Å². The van der Waals surface area contributed by atoms with Gasteiger partial charge in [0.05, 0.1) is 78.3 Å². The number of benzene rings is 8. The van der Waals surface area contributed by atoms with Gasteiger partial charge in [0.25, 0.3) is 0 Å². The average molecular weight is 828 g/mol. The first kappa shape index (κ1) is 31.3. The fraction of sp³-hybridized carbons (Fsp3) is 0.0357. The van der Waals surface area contributed by atoms with E-state index in [1.807, 2.05) is 168 Å². The van der Waals surface area contributed by atoms with Crippen LogP contribution in [0.1, 0.15) is 23.7 Å². The maximum Gasteiger partial charge on any atom is 0.220 e. The lowest BCUT2D eigenvalue weighted by Gasteiger charge is -2.16. The Balaban J connectivity index is 1.03. The van der Waals surface area contributed by atoms with Crippen LogP contribution in [0.5, 0.6) is 0 Å². The second-order valence-corrected chi connectivity index (χ2v) is 15.9. The number of imidazole rings is 4. The highest BCUT2D eigenvalue weighted by molar-refractivity contribution is 5.95. The van der Waals surface area contributed by atoms with Crippen LogP contribution in [0.15, 0.2) is 200 Å². The Labute approximate surface area is 374 Å². The van der Waals surface area contributed by atoms with Gasteiger partial charge in [-0.1, -0.05) is 146 Å². The van der Waals surface area contributed by atoms with Crippen LogP contribution in [0.25, 0.3) is 101 Å². The first-order valence-electron chi connectivity index (χ1n) is 23.7. The van der Waals surface area contributed by atoms with Crippen molar-refractivity contribution in [1.29, 1.82) is 0 Å². The van der Waals surface area contributed by atoms with Gasteiger partial charge >= 0.3 is 0 Å². The van der Waals surface area contributed by atoms with Crippen molar-refractivity contribution >= 4 is 55.7 Å². The van der Waals surface area contributed by atoms with Gasteiger partial charge in [0.2, 0.25) is 11.6 Å². The largest absolute Gasteiger partial charge is 0.278 e. The van der Waals surface area contributed by atoms with Gasteiger partial charge in [-0.2, -0.15) is 0 Å². The van der Waals surface area contributed by atoms with E-state index in [1.165, 1.54) is 0 Å². The lowest BCUT2D eigenvalue weighted by Crippen LogP contribution is -2.05. The van der Waals surface area contributed by atoms with E-state index in [1.54, 1.807) is 18.2 Å². The summed E-state index contributed by atoms with van der Waals surface area (Å²) in [6.07, 6.45) is -2.19. The highest BCUT2D eigenvalue weighted by Crippen LogP contribution is 2.37. The predicted molar refractivity (Wildman–Crippen MR) is 259 cm³/mol. The number of hydrogen-bond donors (Lipinski definition) is 0. The van der Waals surface area contributed by atoms with E-state index < -0.39 is 13.2 Å². The van der Waals surface area contributed by atoms with E-state index in [2.05, 4.69) is 31.7 Å². The first-order valence-corrected chi connectivity index (χ1v) is 21.2. The fourth-order valence-electron chi connectivity index (χ4n) is 9.27. The Morgan fingerprint density at radius 2 is 0.859 bits per heavy atom. The molecule has 13 rings (SSSR count). The Morgan fingerprint density at radius 3 is 1.44 bits per heavy atom. The van der Waals surface area contributed by atoms with Gasteiger partial charge in [0.1, 0.15) is 0 Å². The van der Waals surface area contributed by atoms with Crippen LogP contribution in [0.3, 0.4) is 0 Å². The van der Waals surface area contributed by atoms with E-state index in [4.69, 9.17) is 24.0 Å². The van der Waals surface area contributed by atoms with Crippen molar-refractivity contribution in [3.8, 4) is 45.1 Å². The lowest BCUT2D eigenvalue weighted by atomic mass is 9.99. The molecule has 0 aliphatic rings. The van der Waals surface area contributed by atoms with Crippen LogP contribution in [0, 0.1) is 6.85 Å². The van der Waals surface area contributed by atoms with Gasteiger partial charge in [-0.25, -0.2) is 19.9 Å². The molecule has 5 aromatic heterocycles. The monoisotopic (exact) mass is 827 g/mol. The van der Waals surface area contributed by atoms with Gasteiger partial charge in [-0.05, 0) is 72.6 Å². The SMILES string of the molecule is [2H]C([2H])([2H])c1cccc2c1nc1n(-c3cccc(-n4c5ccccc5n5c6cccc(C([2H])([2H])c7nc(-c8ccccc8)c(-c8ccccc8)nc7-c7ccccc7)c6nc45)c3)c3ccccc3n21. The zero-order chi connectivity index (χ0) is 46.6. The zero-order valence-electron chi connectivity index (χ0n) is 39.1. The van der Waals surface area contributed by atoms with Crippen molar-refractivity contribution in [2.75, 3.05) is 0 Å². The molecule has 8 aromatic carbocycles.